The van der Waals surface area contributed by atoms with E-state index in [4.69, 9.17) is 7.85 Å². The monoisotopic (exact) mass is 136 g/mol. The number of hydrogen-bond donors (Lipinski definition) is 2. The maximum atomic E-state index is 8.87. The maximum absolute atomic E-state index is 8.87. The Labute approximate surface area is 59.3 Å². The van der Waals surface area contributed by atoms with Gasteiger partial charge in [0.15, 0.2) is 0 Å². The van der Waals surface area contributed by atoms with Crippen molar-refractivity contribution < 1.29 is 7.85 Å². The van der Waals surface area contributed by atoms with Crippen LogP contribution in [0.2, 0.25) is 0 Å². The molecule has 0 fully saturated rings. The molecule has 0 bridgehead atoms. The van der Waals surface area contributed by atoms with Crippen molar-refractivity contribution in [3.8, 4) is 0 Å². The lowest BCUT2D eigenvalue weighted by Gasteiger charge is -2.13. The van der Waals surface area contributed by atoms with Crippen LogP contribution in [-0.4, -0.2) is 16.9 Å². The fraction of sp³-hybridized carbons (Fsp3) is 1.00. The van der Waals surface area contributed by atoms with Crippen molar-refractivity contribution in [2.24, 2.45) is 5.92 Å². The highest BCUT2D eigenvalue weighted by Crippen LogP contribution is 2.11. The van der Waals surface area contributed by atoms with Gasteiger partial charge in [0.1, 0.15) is 0 Å². The average Bonchev–Trinajstić information content (AvgIpc) is 1.83. The first-order valence-corrected chi connectivity index (χ1v) is 3.31. The lowest BCUT2D eigenvalue weighted by Crippen LogP contribution is -2.13. The SMILES string of the molecule is [2H]C([2H])(O)C(C)C(S)CC. The van der Waals surface area contributed by atoms with Gasteiger partial charge in [0, 0.05) is 11.8 Å². The van der Waals surface area contributed by atoms with E-state index in [2.05, 4.69) is 12.6 Å². The molecule has 2 heteroatoms. The summed E-state index contributed by atoms with van der Waals surface area (Å²) in [7, 11) is 0. The second kappa shape index (κ2) is 4.21. The molecule has 8 heavy (non-hydrogen) atoms. The molecule has 0 aliphatic carbocycles. The molecule has 1 nitrogen and oxygen atoms in total. The van der Waals surface area contributed by atoms with Gasteiger partial charge in [-0.25, -0.2) is 0 Å². The second-order valence-corrected chi connectivity index (χ2v) is 2.56. The largest absolute Gasteiger partial charge is 0.396 e. The Morgan fingerprint density at radius 2 is 2.38 bits per heavy atom. The molecule has 0 saturated heterocycles. The molecule has 0 spiro atoms. The fourth-order valence-electron chi connectivity index (χ4n) is 0.440. The van der Waals surface area contributed by atoms with Crippen LogP contribution in [0.5, 0.6) is 0 Å². The minimum atomic E-state index is -2.09. The minimum absolute atomic E-state index is 0.0694. The van der Waals surface area contributed by atoms with Crippen LogP contribution >= 0.6 is 12.6 Å². The van der Waals surface area contributed by atoms with Gasteiger partial charge in [-0.1, -0.05) is 13.8 Å². The Kier molecular flexibility index (Phi) is 2.70. The van der Waals surface area contributed by atoms with E-state index >= 15 is 0 Å². The number of rotatable bonds is 3. The van der Waals surface area contributed by atoms with Crippen LogP contribution in [0, 0.1) is 5.92 Å². The van der Waals surface area contributed by atoms with E-state index in [1.807, 2.05) is 6.92 Å². The Hall–Kier alpha value is 0.310. The topological polar surface area (TPSA) is 20.2 Å². The third kappa shape index (κ3) is 2.58. The van der Waals surface area contributed by atoms with Crippen LogP contribution in [0.25, 0.3) is 0 Å². The zero-order valence-electron chi connectivity index (χ0n) is 7.26. The van der Waals surface area contributed by atoms with Gasteiger partial charge < -0.3 is 5.11 Å². The number of hydrogen-bond acceptors (Lipinski definition) is 2. The van der Waals surface area contributed by atoms with Crippen LogP contribution in [0.4, 0.5) is 0 Å². The Bertz CT molecular complexity index is 102. The van der Waals surface area contributed by atoms with Gasteiger partial charge in [0.05, 0.1) is 2.74 Å². The van der Waals surface area contributed by atoms with Gasteiger partial charge in [-0.2, -0.15) is 12.6 Å². The van der Waals surface area contributed by atoms with Crippen molar-refractivity contribution in [3.63, 3.8) is 0 Å². The van der Waals surface area contributed by atoms with Crippen molar-refractivity contribution in [2.45, 2.75) is 25.5 Å². The minimum Gasteiger partial charge on any atom is -0.396 e. The maximum Gasteiger partial charge on any atom is 0.0567 e. The van der Waals surface area contributed by atoms with E-state index in [1.165, 1.54) is 0 Å². The molecule has 2 unspecified atom stereocenters. The summed E-state index contributed by atoms with van der Waals surface area (Å²) >= 11 is 4.12. The van der Waals surface area contributed by atoms with Gasteiger partial charge >= 0.3 is 0 Å². The van der Waals surface area contributed by atoms with Crippen molar-refractivity contribution >= 4 is 12.6 Å². The molecule has 1 N–H and O–H groups in total. The number of aliphatic hydroxyl groups is 1. The number of thiol groups is 1. The summed E-state index contributed by atoms with van der Waals surface area (Å²) in [5, 5.41) is 8.80. The quantitative estimate of drug-likeness (QED) is 0.561. The van der Waals surface area contributed by atoms with Crippen LogP contribution in [0.1, 0.15) is 23.0 Å². The molecular weight excluding hydrogens is 120 g/mol. The fourth-order valence-corrected chi connectivity index (χ4v) is 0.506. The standard InChI is InChI=1S/C6H14OS/c1-3-6(8)5(2)4-7/h5-8H,3-4H2,1-2H3/i4D2. The lowest BCUT2D eigenvalue weighted by molar-refractivity contribution is 0.234. The molecule has 2 atom stereocenters. The average molecular weight is 136 g/mol. The van der Waals surface area contributed by atoms with Crippen molar-refractivity contribution in [1.82, 2.24) is 0 Å². The molecular formula is C6H14OS. The smallest absolute Gasteiger partial charge is 0.0567 e. The Balaban J connectivity index is 3.94. The summed E-state index contributed by atoms with van der Waals surface area (Å²) in [4.78, 5) is 0. The summed E-state index contributed by atoms with van der Waals surface area (Å²) in [5.74, 6) is -0.416. The molecule has 0 aliphatic rings. The van der Waals surface area contributed by atoms with E-state index < -0.39 is 12.5 Å². The Morgan fingerprint density at radius 3 is 2.50 bits per heavy atom. The summed E-state index contributed by atoms with van der Waals surface area (Å²) in [5.41, 5.74) is 0. The molecule has 0 heterocycles. The molecule has 0 radical (unpaired) electrons. The van der Waals surface area contributed by atoms with Crippen molar-refractivity contribution in [3.05, 3.63) is 0 Å². The first-order chi connectivity index (χ1) is 4.39. The van der Waals surface area contributed by atoms with Gasteiger partial charge in [-0.3, -0.25) is 0 Å². The van der Waals surface area contributed by atoms with Crippen LogP contribution in [0.3, 0.4) is 0 Å². The third-order valence-electron chi connectivity index (χ3n) is 1.20. The van der Waals surface area contributed by atoms with Crippen LogP contribution in [-0.2, 0) is 0 Å². The normalized spacial score (nSPS) is 23.5. The van der Waals surface area contributed by atoms with Gasteiger partial charge in [-0.15, -0.1) is 0 Å². The van der Waals surface area contributed by atoms with Crippen LogP contribution < -0.4 is 0 Å². The molecule has 50 valence electrons. The van der Waals surface area contributed by atoms with Gasteiger partial charge in [0.2, 0.25) is 0 Å². The molecule has 0 amide bonds. The van der Waals surface area contributed by atoms with E-state index in [-0.39, 0.29) is 5.25 Å². The van der Waals surface area contributed by atoms with Crippen LogP contribution in [0.15, 0.2) is 0 Å². The Morgan fingerprint density at radius 1 is 1.88 bits per heavy atom. The summed E-state index contributed by atoms with van der Waals surface area (Å²) in [6.07, 6.45) is 0.768. The highest BCUT2D eigenvalue weighted by molar-refractivity contribution is 7.81. The lowest BCUT2D eigenvalue weighted by atomic mass is 10.1. The van der Waals surface area contributed by atoms with Crippen molar-refractivity contribution in [1.29, 1.82) is 0 Å². The summed E-state index contributed by atoms with van der Waals surface area (Å²) in [6, 6.07) is 0. The molecule has 0 saturated carbocycles. The van der Waals surface area contributed by atoms with E-state index in [0.717, 1.165) is 6.42 Å². The molecule has 0 aromatic carbocycles. The van der Waals surface area contributed by atoms with Crippen molar-refractivity contribution in [2.75, 3.05) is 6.56 Å². The zero-order valence-corrected chi connectivity index (χ0v) is 6.15. The molecule has 0 aromatic heterocycles. The highest BCUT2D eigenvalue weighted by atomic mass is 32.1. The van der Waals surface area contributed by atoms with Gasteiger partial charge in [-0.05, 0) is 12.3 Å². The summed E-state index contributed by atoms with van der Waals surface area (Å²) < 4.78 is 13.9. The predicted molar refractivity (Wildman–Crippen MR) is 39.3 cm³/mol. The third-order valence-corrected chi connectivity index (χ3v) is 2.01. The molecule has 0 aliphatic heterocycles. The summed E-state index contributed by atoms with van der Waals surface area (Å²) in [6.45, 7) is 1.48. The molecule has 0 aromatic rings. The first-order valence-electron chi connectivity index (χ1n) is 3.80. The zero-order chi connectivity index (χ0) is 8.36. The van der Waals surface area contributed by atoms with E-state index in [0.29, 0.717) is 0 Å². The highest BCUT2D eigenvalue weighted by Gasteiger charge is 2.07. The predicted octanol–water partition coefficient (Wildman–Crippen LogP) is 1.32. The van der Waals surface area contributed by atoms with Gasteiger partial charge in [0.25, 0.3) is 0 Å². The van der Waals surface area contributed by atoms with E-state index in [1.54, 1.807) is 6.92 Å². The second-order valence-electron chi connectivity index (χ2n) is 1.89. The first kappa shape index (κ1) is 5.12. The molecule has 0 rings (SSSR count). The van der Waals surface area contributed by atoms with E-state index in [9.17, 15) is 0 Å².